The fourth-order valence-corrected chi connectivity index (χ4v) is 6.12. The van der Waals surface area contributed by atoms with E-state index in [1.54, 1.807) is 25.1 Å². The van der Waals surface area contributed by atoms with Gasteiger partial charge in [-0.05, 0) is 69.2 Å². The van der Waals surface area contributed by atoms with Gasteiger partial charge in [0.25, 0.3) is 5.56 Å². The molecule has 0 saturated heterocycles. The number of sulfonamides is 1. The first-order chi connectivity index (χ1) is 15.3. The molecule has 0 spiro atoms. The summed E-state index contributed by atoms with van der Waals surface area (Å²) < 4.78 is 35.2. The molecule has 2 saturated carbocycles. The summed E-state index contributed by atoms with van der Waals surface area (Å²) in [6.45, 7) is 4.32. The van der Waals surface area contributed by atoms with Crippen LogP contribution >= 0.6 is 0 Å². The van der Waals surface area contributed by atoms with Crippen molar-refractivity contribution >= 4 is 26.6 Å². The number of nitrogens with zero attached hydrogens (tertiary/aromatic N) is 1. The number of hydrogen-bond acceptors (Lipinski definition) is 6. The van der Waals surface area contributed by atoms with Gasteiger partial charge in [-0.25, -0.2) is 13.1 Å². The molecule has 2 aliphatic carbocycles. The number of benzene rings is 1. The first-order valence-electron chi connectivity index (χ1n) is 11.2. The maximum Gasteiger partial charge on any atom is 0.271 e. The molecular weight excluding hydrogens is 428 g/mol. The van der Waals surface area contributed by atoms with Gasteiger partial charge in [0.2, 0.25) is 10.0 Å². The lowest BCUT2D eigenvalue weighted by Crippen LogP contribution is -2.33. The zero-order valence-electron chi connectivity index (χ0n) is 18.3. The third-order valence-corrected chi connectivity index (χ3v) is 8.05. The molecule has 8 nitrogen and oxygen atoms in total. The number of nitrogens with one attached hydrogen (secondary N) is 3. The lowest BCUT2D eigenvalue weighted by Gasteiger charge is -2.16. The molecule has 0 amide bonds. The van der Waals surface area contributed by atoms with E-state index >= 15 is 0 Å². The minimum atomic E-state index is -3.81. The van der Waals surface area contributed by atoms with Crippen LogP contribution in [0.4, 0.5) is 5.69 Å². The second-order valence-electron chi connectivity index (χ2n) is 9.07. The molecule has 1 aromatic carbocycles. The molecule has 0 atom stereocenters. The van der Waals surface area contributed by atoms with E-state index in [1.165, 1.54) is 0 Å². The largest absolute Gasteiger partial charge is 0.380 e. The fourth-order valence-electron chi connectivity index (χ4n) is 4.57. The zero-order valence-corrected chi connectivity index (χ0v) is 19.1. The maximum absolute atomic E-state index is 13.5. The summed E-state index contributed by atoms with van der Waals surface area (Å²) in [7, 11) is -3.81. The average molecular weight is 457 g/mol. The van der Waals surface area contributed by atoms with Gasteiger partial charge in [-0.15, -0.1) is 0 Å². The fraction of sp³-hybridized carbons (Fsp3) is 0.478. The number of fused-ring (bicyclic) bond motifs is 1. The van der Waals surface area contributed by atoms with Gasteiger partial charge in [0.15, 0.2) is 0 Å². The standard InChI is InChI=1S/C23H28N4O4S/c1-13-22(14(2)31-26-13)16-9-19-18(11-20(23(28)25-19)24-12-15-7-8-15)21(10-16)32(29,30)27-17-5-3-4-6-17/h9-11,15,17,24,27H,3-8,12H2,1-2H3,(H,25,28). The SMILES string of the molecule is Cc1noc(C)c1-c1cc(S(=O)(=O)NC2CCCC2)c2cc(NCC3CC3)c(=O)[nH]c2c1. The number of aryl methyl sites for hydroxylation is 2. The van der Waals surface area contributed by atoms with E-state index in [0.717, 1.165) is 44.1 Å². The zero-order chi connectivity index (χ0) is 22.5. The smallest absolute Gasteiger partial charge is 0.271 e. The summed E-state index contributed by atoms with van der Waals surface area (Å²) in [6.07, 6.45) is 6.04. The van der Waals surface area contributed by atoms with Crippen molar-refractivity contribution in [2.24, 2.45) is 5.92 Å². The quantitative estimate of drug-likeness (QED) is 0.497. The third kappa shape index (κ3) is 4.06. The Balaban J connectivity index is 1.67. The minimum absolute atomic E-state index is 0.0620. The Morgan fingerprint density at radius 3 is 2.53 bits per heavy atom. The molecule has 0 radical (unpaired) electrons. The topological polar surface area (TPSA) is 117 Å². The van der Waals surface area contributed by atoms with E-state index in [0.29, 0.717) is 46.1 Å². The van der Waals surface area contributed by atoms with Gasteiger partial charge in [-0.2, -0.15) is 0 Å². The van der Waals surface area contributed by atoms with E-state index < -0.39 is 10.0 Å². The summed E-state index contributed by atoms with van der Waals surface area (Å²) >= 11 is 0. The number of rotatable bonds is 7. The van der Waals surface area contributed by atoms with Gasteiger partial charge in [-0.1, -0.05) is 18.0 Å². The molecule has 3 aromatic rings. The number of aromatic amines is 1. The molecule has 0 unspecified atom stereocenters. The van der Waals surface area contributed by atoms with Gasteiger partial charge >= 0.3 is 0 Å². The van der Waals surface area contributed by atoms with Crippen molar-refractivity contribution in [1.82, 2.24) is 14.9 Å². The Morgan fingerprint density at radius 1 is 1.12 bits per heavy atom. The van der Waals surface area contributed by atoms with Crippen molar-refractivity contribution in [2.45, 2.75) is 63.3 Å². The van der Waals surface area contributed by atoms with Crippen molar-refractivity contribution in [3.63, 3.8) is 0 Å². The van der Waals surface area contributed by atoms with Crippen molar-refractivity contribution < 1.29 is 12.9 Å². The third-order valence-electron chi connectivity index (χ3n) is 6.49. The molecule has 5 rings (SSSR count). The molecule has 9 heteroatoms. The Hall–Kier alpha value is -2.65. The van der Waals surface area contributed by atoms with Gasteiger partial charge in [-0.3, -0.25) is 4.79 Å². The van der Waals surface area contributed by atoms with Gasteiger partial charge < -0.3 is 14.8 Å². The number of aromatic nitrogens is 2. The highest BCUT2D eigenvalue weighted by Gasteiger charge is 2.27. The summed E-state index contributed by atoms with van der Waals surface area (Å²) in [6, 6.07) is 5.06. The minimum Gasteiger partial charge on any atom is -0.380 e. The van der Waals surface area contributed by atoms with Crippen LogP contribution in [-0.4, -0.2) is 31.1 Å². The highest BCUT2D eigenvalue weighted by molar-refractivity contribution is 7.89. The Kier molecular flexibility index (Phi) is 5.33. The Bertz CT molecular complexity index is 1310. The Morgan fingerprint density at radius 2 is 1.88 bits per heavy atom. The van der Waals surface area contributed by atoms with Crippen LogP contribution in [0.3, 0.4) is 0 Å². The van der Waals surface area contributed by atoms with E-state index in [2.05, 4.69) is 20.2 Å². The van der Waals surface area contributed by atoms with Crippen LogP contribution < -0.4 is 15.6 Å². The summed E-state index contributed by atoms with van der Waals surface area (Å²) in [5.41, 5.74) is 2.65. The molecule has 0 aliphatic heterocycles. The second kappa shape index (κ2) is 8.04. The van der Waals surface area contributed by atoms with E-state index in [-0.39, 0.29) is 16.5 Å². The highest BCUT2D eigenvalue weighted by Crippen LogP contribution is 2.34. The maximum atomic E-state index is 13.5. The molecule has 2 heterocycles. The van der Waals surface area contributed by atoms with Crippen LogP contribution in [-0.2, 0) is 10.0 Å². The molecule has 170 valence electrons. The van der Waals surface area contributed by atoms with Crippen molar-refractivity contribution in [2.75, 3.05) is 11.9 Å². The van der Waals surface area contributed by atoms with Crippen molar-refractivity contribution in [3.05, 3.63) is 40.0 Å². The molecule has 2 aromatic heterocycles. The van der Waals surface area contributed by atoms with Crippen LogP contribution in [0.2, 0.25) is 0 Å². The first kappa shape index (κ1) is 21.2. The molecular formula is C23H28N4O4S. The molecule has 2 fully saturated rings. The highest BCUT2D eigenvalue weighted by atomic mass is 32.2. The lowest BCUT2D eigenvalue weighted by molar-refractivity contribution is 0.393. The van der Waals surface area contributed by atoms with E-state index in [9.17, 15) is 13.2 Å². The van der Waals surface area contributed by atoms with Crippen LogP contribution in [0.25, 0.3) is 22.0 Å². The number of anilines is 1. The second-order valence-corrected chi connectivity index (χ2v) is 10.8. The predicted molar refractivity (Wildman–Crippen MR) is 123 cm³/mol. The van der Waals surface area contributed by atoms with Gasteiger partial charge in [0, 0.05) is 23.5 Å². The summed E-state index contributed by atoms with van der Waals surface area (Å²) in [5, 5.41) is 7.69. The molecule has 0 bridgehead atoms. The van der Waals surface area contributed by atoms with Crippen LogP contribution in [0.5, 0.6) is 0 Å². The molecule has 2 aliphatic rings. The predicted octanol–water partition coefficient (Wildman–Crippen LogP) is 3.84. The molecule has 3 N–H and O–H groups in total. The summed E-state index contributed by atoms with van der Waals surface area (Å²) in [5.74, 6) is 1.18. The monoisotopic (exact) mass is 456 g/mol. The Labute approximate surface area is 186 Å². The number of pyridine rings is 1. The number of H-pyrrole nitrogens is 1. The van der Waals surface area contributed by atoms with Crippen LogP contribution in [0.15, 0.2) is 32.4 Å². The normalized spacial score (nSPS) is 17.3. The average Bonchev–Trinajstić information content (AvgIpc) is 3.33. The molecule has 32 heavy (non-hydrogen) atoms. The van der Waals surface area contributed by atoms with Crippen molar-refractivity contribution in [1.29, 1.82) is 0 Å². The first-order valence-corrected chi connectivity index (χ1v) is 12.7. The number of hydrogen-bond donors (Lipinski definition) is 3. The lowest BCUT2D eigenvalue weighted by atomic mass is 10.0. The van der Waals surface area contributed by atoms with Crippen molar-refractivity contribution in [3.8, 4) is 11.1 Å². The van der Waals surface area contributed by atoms with Crippen LogP contribution in [0, 0.1) is 19.8 Å². The van der Waals surface area contributed by atoms with E-state index in [4.69, 9.17) is 4.52 Å². The van der Waals surface area contributed by atoms with Gasteiger partial charge in [0.1, 0.15) is 11.4 Å². The van der Waals surface area contributed by atoms with Crippen LogP contribution in [0.1, 0.15) is 50.0 Å². The summed E-state index contributed by atoms with van der Waals surface area (Å²) in [4.78, 5) is 15.8. The van der Waals surface area contributed by atoms with E-state index in [1.807, 2.05) is 6.92 Å². The van der Waals surface area contributed by atoms with Gasteiger partial charge in [0.05, 0.1) is 16.1 Å².